The minimum Gasteiger partial charge on any atom is -0.497 e. The van der Waals surface area contributed by atoms with E-state index in [9.17, 15) is 9.59 Å². The molecule has 0 aromatic heterocycles. The van der Waals surface area contributed by atoms with Crippen molar-refractivity contribution in [2.45, 2.75) is 19.3 Å². The van der Waals surface area contributed by atoms with Crippen LogP contribution in [0.15, 0.2) is 60.7 Å². The third kappa shape index (κ3) is 3.69. The van der Waals surface area contributed by atoms with E-state index in [2.05, 4.69) is 0 Å². The molecule has 0 bridgehead atoms. The number of esters is 1. The highest BCUT2D eigenvalue weighted by Gasteiger charge is 2.39. The van der Waals surface area contributed by atoms with Crippen molar-refractivity contribution < 1.29 is 19.1 Å². The summed E-state index contributed by atoms with van der Waals surface area (Å²) in [6.45, 7) is 2.01. The van der Waals surface area contributed by atoms with Gasteiger partial charge in [0, 0.05) is 5.92 Å². The quantitative estimate of drug-likeness (QED) is 0.604. The zero-order valence-electron chi connectivity index (χ0n) is 15.0. The van der Waals surface area contributed by atoms with E-state index in [1.807, 2.05) is 54.6 Å². The van der Waals surface area contributed by atoms with Crippen molar-refractivity contribution in [2.75, 3.05) is 13.7 Å². The second-order valence-electron chi connectivity index (χ2n) is 6.25. The van der Waals surface area contributed by atoms with E-state index in [4.69, 9.17) is 9.47 Å². The molecule has 0 aliphatic heterocycles. The maximum absolute atomic E-state index is 12.8. The standard InChI is InChI=1S/C22H22O4/c1-3-26-22(24)21-19(16-9-11-18(25-2)12-10-16)13-17(14-20(21)23)15-7-5-4-6-8-15/h4-12,14,19,21H,3,13H2,1-2H3/t19-,21+/m0/s1. The number of carbonyl (C=O) groups excluding carboxylic acids is 2. The molecule has 3 rings (SSSR count). The summed E-state index contributed by atoms with van der Waals surface area (Å²) >= 11 is 0. The van der Waals surface area contributed by atoms with E-state index in [-0.39, 0.29) is 18.3 Å². The Bertz CT molecular complexity index is 806. The number of methoxy groups -OCH3 is 1. The molecule has 0 N–H and O–H groups in total. The molecule has 0 radical (unpaired) electrons. The van der Waals surface area contributed by atoms with Crippen LogP contribution in [0.4, 0.5) is 0 Å². The molecule has 0 saturated heterocycles. The molecular weight excluding hydrogens is 328 g/mol. The number of hydrogen-bond donors (Lipinski definition) is 0. The van der Waals surface area contributed by atoms with Crippen molar-refractivity contribution in [1.82, 2.24) is 0 Å². The fourth-order valence-corrected chi connectivity index (χ4v) is 3.40. The normalized spacial score (nSPS) is 19.6. The summed E-state index contributed by atoms with van der Waals surface area (Å²) in [5, 5.41) is 0. The third-order valence-corrected chi connectivity index (χ3v) is 4.69. The molecule has 26 heavy (non-hydrogen) atoms. The van der Waals surface area contributed by atoms with E-state index in [0.717, 1.165) is 22.4 Å². The van der Waals surface area contributed by atoms with Crippen LogP contribution in [0.2, 0.25) is 0 Å². The summed E-state index contributed by atoms with van der Waals surface area (Å²) in [4.78, 5) is 25.3. The van der Waals surface area contributed by atoms with E-state index >= 15 is 0 Å². The summed E-state index contributed by atoms with van der Waals surface area (Å²) in [6.07, 6.45) is 2.20. The minimum atomic E-state index is -0.809. The van der Waals surface area contributed by atoms with Crippen molar-refractivity contribution in [3.63, 3.8) is 0 Å². The van der Waals surface area contributed by atoms with Crippen molar-refractivity contribution >= 4 is 17.3 Å². The first-order chi connectivity index (χ1) is 12.6. The number of allylic oxidation sites excluding steroid dienone is 2. The molecule has 4 heteroatoms. The zero-order valence-corrected chi connectivity index (χ0v) is 15.0. The van der Waals surface area contributed by atoms with Gasteiger partial charge in [0.15, 0.2) is 5.78 Å². The molecule has 0 saturated carbocycles. The smallest absolute Gasteiger partial charge is 0.317 e. The van der Waals surface area contributed by atoms with Gasteiger partial charge in [-0.3, -0.25) is 9.59 Å². The fraction of sp³-hybridized carbons (Fsp3) is 0.273. The fourth-order valence-electron chi connectivity index (χ4n) is 3.40. The minimum absolute atomic E-state index is 0.200. The van der Waals surface area contributed by atoms with Gasteiger partial charge < -0.3 is 9.47 Å². The van der Waals surface area contributed by atoms with Crippen LogP contribution in [0.25, 0.3) is 5.57 Å². The highest BCUT2D eigenvalue weighted by atomic mass is 16.5. The molecule has 0 fully saturated rings. The first-order valence-corrected chi connectivity index (χ1v) is 8.74. The van der Waals surface area contributed by atoms with Gasteiger partial charge >= 0.3 is 5.97 Å². The number of benzene rings is 2. The van der Waals surface area contributed by atoms with Crippen LogP contribution in [-0.2, 0) is 14.3 Å². The van der Waals surface area contributed by atoms with Gasteiger partial charge in [-0.05, 0) is 48.3 Å². The van der Waals surface area contributed by atoms with E-state index in [1.54, 1.807) is 20.1 Å². The van der Waals surface area contributed by atoms with Gasteiger partial charge in [0.2, 0.25) is 0 Å². The van der Waals surface area contributed by atoms with Gasteiger partial charge in [0.25, 0.3) is 0 Å². The van der Waals surface area contributed by atoms with Crippen LogP contribution >= 0.6 is 0 Å². The Morgan fingerprint density at radius 1 is 1.08 bits per heavy atom. The highest BCUT2D eigenvalue weighted by Crippen LogP contribution is 2.40. The van der Waals surface area contributed by atoms with Gasteiger partial charge in [0.05, 0.1) is 13.7 Å². The lowest BCUT2D eigenvalue weighted by molar-refractivity contribution is -0.151. The summed E-state index contributed by atoms with van der Waals surface area (Å²) in [7, 11) is 1.61. The zero-order chi connectivity index (χ0) is 18.5. The number of hydrogen-bond acceptors (Lipinski definition) is 4. The predicted molar refractivity (Wildman–Crippen MR) is 99.9 cm³/mol. The molecule has 2 aromatic rings. The van der Waals surface area contributed by atoms with Crippen molar-refractivity contribution in [3.05, 3.63) is 71.8 Å². The lowest BCUT2D eigenvalue weighted by Crippen LogP contribution is -2.34. The van der Waals surface area contributed by atoms with Gasteiger partial charge in [-0.15, -0.1) is 0 Å². The molecule has 1 aliphatic rings. The monoisotopic (exact) mass is 350 g/mol. The Kier molecular flexibility index (Phi) is 5.52. The molecule has 0 heterocycles. The molecule has 0 amide bonds. The van der Waals surface area contributed by atoms with Crippen LogP contribution in [0.3, 0.4) is 0 Å². The average Bonchev–Trinajstić information content (AvgIpc) is 2.68. The number of ether oxygens (including phenoxy) is 2. The highest BCUT2D eigenvalue weighted by molar-refractivity contribution is 6.10. The van der Waals surface area contributed by atoms with E-state index < -0.39 is 11.9 Å². The molecule has 2 aromatic carbocycles. The topological polar surface area (TPSA) is 52.6 Å². The second-order valence-corrected chi connectivity index (χ2v) is 6.25. The first-order valence-electron chi connectivity index (χ1n) is 8.74. The second kappa shape index (κ2) is 8.00. The maximum Gasteiger partial charge on any atom is 0.317 e. The molecule has 134 valence electrons. The summed E-state index contributed by atoms with van der Waals surface area (Å²) < 4.78 is 10.4. The number of ketones is 1. The Hall–Kier alpha value is -2.88. The predicted octanol–water partition coefficient (Wildman–Crippen LogP) is 4.01. The van der Waals surface area contributed by atoms with Crippen molar-refractivity contribution in [1.29, 1.82) is 0 Å². The van der Waals surface area contributed by atoms with Crippen LogP contribution < -0.4 is 4.74 Å². The Morgan fingerprint density at radius 3 is 2.38 bits per heavy atom. The molecule has 1 aliphatic carbocycles. The maximum atomic E-state index is 12.8. The van der Waals surface area contributed by atoms with E-state index in [1.165, 1.54) is 0 Å². The molecule has 2 atom stereocenters. The molecular formula is C22H22O4. The van der Waals surface area contributed by atoms with Crippen LogP contribution in [0.5, 0.6) is 5.75 Å². The van der Waals surface area contributed by atoms with Gasteiger partial charge in [-0.25, -0.2) is 0 Å². The summed E-state index contributed by atoms with van der Waals surface area (Å²) in [6, 6.07) is 17.3. The Labute approximate surface area is 153 Å². The molecule has 0 unspecified atom stereocenters. The van der Waals surface area contributed by atoms with E-state index in [0.29, 0.717) is 6.42 Å². The molecule has 0 spiro atoms. The summed E-state index contributed by atoms with van der Waals surface area (Å²) in [5.41, 5.74) is 2.87. The number of rotatable bonds is 5. The average molecular weight is 350 g/mol. The van der Waals surface area contributed by atoms with Crippen molar-refractivity contribution in [3.8, 4) is 5.75 Å². The third-order valence-electron chi connectivity index (χ3n) is 4.69. The van der Waals surface area contributed by atoms with Gasteiger partial charge in [-0.1, -0.05) is 42.5 Å². The Morgan fingerprint density at radius 2 is 1.77 bits per heavy atom. The summed E-state index contributed by atoms with van der Waals surface area (Å²) in [5.74, 6) is -0.984. The number of carbonyl (C=O) groups is 2. The lowest BCUT2D eigenvalue weighted by Gasteiger charge is -2.29. The molecule has 4 nitrogen and oxygen atoms in total. The Balaban J connectivity index is 2.00. The largest absolute Gasteiger partial charge is 0.497 e. The lowest BCUT2D eigenvalue weighted by atomic mass is 9.73. The van der Waals surface area contributed by atoms with Gasteiger partial charge in [0.1, 0.15) is 11.7 Å². The van der Waals surface area contributed by atoms with Crippen LogP contribution in [0, 0.1) is 5.92 Å². The SMILES string of the molecule is CCOC(=O)[C@H]1C(=O)C=C(c2ccccc2)C[C@H]1c1ccc(OC)cc1. The van der Waals surface area contributed by atoms with Gasteiger partial charge in [-0.2, -0.15) is 0 Å². The first kappa shape index (κ1) is 17.9. The van der Waals surface area contributed by atoms with Crippen molar-refractivity contribution in [2.24, 2.45) is 5.92 Å². The van der Waals surface area contributed by atoms with Crippen LogP contribution in [-0.4, -0.2) is 25.5 Å². The van der Waals surface area contributed by atoms with Crippen LogP contribution in [0.1, 0.15) is 30.4 Å².